The summed E-state index contributed by atoms with van der Waals surface area (Å²) in [6.07, 6.45) is 0. The van der Waals surface area contributed by atoms with Gasteiger partial charge < -0.3 is 5.32 Å². The van der Waals surface area contributed by atoms with Crippen LogP contribution in [0.3, 0.4) is 0 Å². The molecule has 0 spiro atoms. The third-order valence-electron chi connectivity index (χ3n) is 2.69. The fraction of sp³-hybridized carbons (Fsp3) is 0.0714. The fourth-order valence-electron chi connectivity index (χ4n) is 1.76. The Balaban J connectivity index is 2.31. The van der Waals surface area contributed by atoms with Crippen LogP contribution in [0.4, 0.5) is 11.4 Å². The molecule has 0 unspecified atom stereocenters. The van der Waals surface area contributed by atoms with Crippen molar-refractivity contribution >= 4 is 28.9 Å². The second-order valence-electron chi connectivity index (χ2n) is 4.18. The molecule has 0 aliphatic rings. The highest BCUT2D eigenvalue weighted by molar-refractivity contribution is 6.34. The van der Waals surface area contributed by atoms with Crippen LogP contribution in [0.2, 0.25) is 5.02 Å². The van der Waals surface area contributed by atoms with Crippen LogP contribution in [0.25, 0.3) is 11.1 Å². The fourth-order valence-corrected chi connectivity index (χ4v) is 1.99. The molecule has 20 heavy (non-hydrogen) atoms. The molecule has 0 bridgehead atoms. The summed E-state index contributed by atoms with van der Waals surface area (Å²) in [5, 5.41) is 13.6. The smallest absolute Gasteiger partial charge is 0.269 e. The number of carbonyl (C=O) groups is 1. The van der Waals surface area contributed by atoms with E-state index in [4.69, 9.17) is 11.6 Å². The monoisotopic (exact) mass is 290 g/mol. The van der Waals surface area contributed by atoms with Gasteiger partial charge in [-0.3, -0.25) is 14.9 Å². The van der Waals surface area contributed by atoms with Crippen molar-refractivity contribution in [3.05, 3.63) is 57.6 Å². The number of halogens is 1. The number of nitro groups is 1. The number of nitro benzene ring substituents is 1. The summed E-state index contributed by atoms with van der Waals surface area (Å²) < 4.78 is 0. The van der Waals surface area contributed by atoms with Gasteiger partial charge in [-0.1, -0.05) is 17.7 Å². The predicted molar refractivity (Wildman–Crippen MR) is 77.8 cm³/mol. The topological polar surface area (TPSA) is 72.2 Å². The van der Waals surface area contributed by atoms with Crippen LogP contribution < -0.4 is 5.32 Å². The lowest BCUT2D eigenvalue weighted by Crippen LogP contribution is -2.05. The highest BCUT2D eigenvalue weighted by Crippen LogP contribution is 2.29. The second-order valence-corrected chi connectivity index (χ2v) is 4.59. The van der Waals surface area contributed by atoms with Crippen molar-refractivity contribution in [3.8, 4) is 11.1 Å². The average molecular weight is 291 g/mol. The van der Waals surface area contributed by atoms with Crippen molar-refractivity contribution in [1.82, 2.24) is 0 Å². The largest absolute Gasteiger partial charge is 0.325 e. The van der Waals surface area contributed by atoms with E-state index in [9.17, 15) is 14.9 Å². The molecule has 0 fully saturated rings. The van der Waals surface area contributed by atoms with E-state index in [1.54, 1.807) is 30.3 Å². The predicted octanol–water partition coefficient (Wildman–Crippen LogP) is 3.87. The summed E-state index contributed by atoms with van der Waals surface area (Å²) in [5.41, 5.74) is 2.20. The van der Waals surface area contributed by atoms with Crippen molar-refractivity contribution < 1.29 is 9.72 Å². The normalized spacial score (nSPS) is 10.1. The van der Waals surface area contributed by atoms with Gasteiger partial charge in [-0.05, 0) is 35.4 Å². The molecule has 102 valence electrons. The Hall–Kier alpha value is -2.40. The summed E-state index contributed by atoms with van der Waals surface area (Å²) in [4.78, 5) is 21.1. The second kappa shape index (κ2) is 5.71. The molecule has 1 amide bonds. The summed E-state index contributed by atoms with van der Waals surface area (Å²) in [7, 11) is 0. The molecule has 2 rings (SSSR count). The Morgan fingerprint density at radius 1 is 1.15 bits per heavy atom. The van der Waals surface area contributed by atoms with E-state index >= 15 is 0 Å². The summed E-state index contributed by atoms with van der Waals surface area (Å²) in [6, 6.07) is 11.4. The van der Waals surface area contributed by atoms with E-state index in [1.165, 1.54) is 19.1 Å². The van der Waals surface area contributed by atoms with Gasteiger partial charge in [0.2, 0.25) is 5.91 Å². The van der Waals surface area contributed by atoms with Crippen molar-refractivity contribution in [3.63, 3.8) is 0 Å². The van der Waals surface area contributed by atoms with Crippen molar-refractivity contribution in [1.29, 1.82) is 0 Å². The van der Waals surface area contributed by atoms with E-state index < -0.39 is 4.92 Å². The molecule has 0 aromatic heterocycles. The van der Waals surface area contributed by atoms with Crippen LogP contribution in [0, 0.1) is 10.1 Å². The first-order valence-corrected chi connectivity index (χ1v) is 6.17. The number of non-ortho nitro benzene ring substituents is 1. The maximum atomic E-state index is 11.0. The molecule has 6 heteroatoms. The van der Waals surface area contributed by atoms with Crippen LogP contribution in [0.1, 0.15) is 6.92 Å². The SMILES string of the molecule is CC(=O)Nc1ccc(-c2ccc([N+](=O)[O-])cc2)cc1Cl. The van der Waals surface area contributed by atoms with Crippen LogP contribution in [-0.2, 0) is 4.79 Å². The van der Waals surface area contributed by atoms with Gasteiger partial charge in [0.1, 0.15) is 0 Å². The molecule has 0 heterocycles. The van der Waals surface area contributed by atoms with Gasteiger partial charge in [0.15, 0.2) is 0 Å². The Morgan fingerprint density at radius 2 is 1.75 bits per heavy atom. The molecule has 0 saturated heterocycles. The van der Waals surface area contributed by atoms with Crippen molar-refractivity contribution in [2.75, 3.05) is 5.32 Å². The highest BCUT2D eigenvalue weighted by Gasteiger charge is 2.07. The standard InChI is InChI=1S/C14H11ClN2O3/c1-9(18)16-14-7-4-11(8-13(14)15)10-2-5-12(6-3-10)17(19)20/h2-8H,1H3,(H,16,18). The molecule has 0 atom stereocenters. The molecule has 1 N–H and O–H groups in total. The maximum Gasteiger partial charge on any atom is 0.269 e. The van der Waals surface area contributed by atoms with Gasteiger partial charge in [0.25, 0.3) is 5.69 Å². The van der Waals surface area contributed by atoms with E-state index in [-0.39, 0.29) is 11.6 Å². The van der Waals surface area contributed by atoms with Crippen LogP contribution in [0.5, 0.6) is 0 Å². The molecule has 0 saturated carbocycles. The lowest BCUT2D eigenvalue weighted by Gasteiger charge is -2.07. The van der Waals surface area contributed by atoms with Gasteiger partial charge in [0.05, 0.1) is 15.6 Å². The molecule has 2 aromatic carbocycles. The average Bonchev–Trinajstić information content (AvgIpc) is 2.41. The van der Waals surface area contributed by atoms with Crippen LogP contribution in [-0.4, -0.2) is 10.8 Å². The minimum Gasteiger partial charge on any atom is -0.325 e. The Bertz CT molecular complexity index is 669. The quantitative estimate of drug-likeness (QED) is 0.689. The van der Waals surface area contributed by atoms with E-state index in [0.29, 0.717) is 10.7 Å². The minimum atomic E-state index is -0.448. The van der Waals surface area contributed by atoms with Crippen LogP contribution >= 0.6 is 11.6 Å². The first kappa shape index (κ1) is 14.0. The summed E-state index contributed by atoms with van der Waals surface area (Å²) >= 11 is 6.08. The number of hydrogen-bond acceptors (Lipinski definition) is 3. The van der Waals surface area contributed by atoms with Gasteiger partial charge in [-0.25, -0.2) is 0 Å². The number of anilines is 1. The lowest BCUT2D eigenvalue weighted by molar-refractivity contribution is -0.384. The minimum absolute atomic E-state index is 0.0368. The number of benzene rings is 2. The zero-order valence-electron chi connectivity index (χ0n) is 10.6. The number of nitrogens with one attached hydrogen (secondary N) is 1. The number of amides is 1. The first-order chi connectivity index (χ1) is 9.47. The summed E-state index contributed by atoms with van der Waals surface area (Å²) in [6.45, 7) is 1.40. The molecule has 0 radical (unpaired) electrons. The summed E-state index contributed by atoms with van der Waals surface area (Å²) in [5.74, 6) is -0.199. The third-order valence-corrected chi connectivity index (χ3v) is 3.00. The van der Waals surface area contributed by atoms with Crippen LogP contribution in [0.15, 0.2) is 42.5 Å². The number of hydrogen-bond donors (Lipinski definition) is 1. The third kappa shape index (κ3) is 3.13. The van der Waals surface area contributed by atoms with E-state index in [2.05, 4.69) is 5.32 Å². The Kier molecular flexibility index (Phi) is 4.00. The zero-order valence-corrected chi connectivity index (χ0v) is 11.3. The first-order valence-electron chi connectivity index (χ1n) is 5.79. The maximum absolute atomic E-state index is 11.0. The molecule has 2 aromatic rings. The van der Waals surface area contributed by atoms with E-state index in [1.807, 2.05) is 0 Å². The number of nitrogens with zero attached hydrogens (tertiary/aromatic N) is 1. The zero-order chi connectivity index (χ0) is 14.7. The Morgan fingerprint density at radius 3 is 2.25 bits per heavy atom. The van der Waals surface area contributed by atoms with Crippen molar-refractivity contribution in [2.24, 2.45) is 0 Å². The number of carbonyl (C=O) groups excluding carboxylic acids is 1. The molecule has 0 aliphatic heterocycles. The molecular weight excluding hydrogens is 280 g/mol. The molecular formula is C14H11ClN2O3. The lowest BCUT2D eigenvalue weighted by atomic mass is 10.0. The number of rotatable bonds is 3. The highest BCUT2D eigenvalue weighted by atomic mass is 35.5. The Labute approximate surface area is 120 Å². The van der Waals surface area contributed by atoms with Gasteiger partial charge in [-0.2, -0.15) is 0 Å². The molecule has 5 nitrogen and oxygen atoms in total. The molecule has 0 aliphatic carbocycles. The van der Waals surface area contributed by atoms with Gasteiger partial charge >= 0.3 is 0 Å². The van der Waals surface area contributed by atoms with Crippen molar-refractivity contribution in [2.45, 2.75) is 6.92 Å². The van der Waals surface area contributed by atoms with E-state index in [0.717, 1.165) is 11.1 Å². The van der Waals surface area contributed by atoms with Gasteiger partial charge in [-0.15, -0.1) is 0 Å². The van der Waals surface area contributed by atoms with Gasteiger partial charge in [0, 0.05) is 19.1 Å².